The number of ether oxygens (including phenoxy) is 1. The molecule has 1 nitrogen and oxygen atoms in total. The molecule has 0 saturated carbocycles. The molecule has 60 valence electrons. The summed E-state index contributed by atoms with van der Waals surface area (Å²) in [7, 11) is 1.49. The van der Waals surface area contributed by atoms with Crippen molar-refractivity contribution < 1.29 is 9.13 Å². The monoisotopic (exact) mass is 238 g/mol. The summed E-state index contributed by atoms with van der Waals surface area (Å²) in [4.78, 5) is 0. The van der Waals surface area contributed by atoms with E-state index in [1.54, 1.807) is 0 Å². The van der Waals surface area contributed by atoms with Crippen LogP contribution in [0.15, 0.2) is 16.6 Å². The lowest BCUT2D eigenvalue weighted by Gasteiger charge is -2.03. The van der Waals surface area contributed by atoms with E-state index in [9.17, 15) is 4.39 Å². The quantitative estimate of drug-likeness (QED) is 0.684. The molecule has 0 radical (unpaired) electrons. The summed E-state index contributed by atoms with van der Waals surface area (Å²) < 4.78 is 18.0. The van der Waals surface area contributed by atoms with E-state index < -0.39 is 5.82 Å². The Labute approximate surface area is 77.2 Å². The molecule has 0 aliphatic heterocycles. The molecule has 0 spiro atoms. The lowest BCUT2D eigenvalue weighted by atomic mass is 10.3. The minimum Gasteiger partial charge on any atom is -0.496 e. The maximum atomic E-state index is 12.7. The minimum absolute atomic E-state index is 0.0457. The molecule has 0 fully saturated rings. The maximum absolute atomic E-state index is 12.7. The number of methoxy groups -OCH3 is 1. The van der Waals surface area contributed by atoms with Crippen LogP contribution < -0.4 is 4.74 Å². The van der Waals surface area contributed by atoms with E-state index in [0.717, 1.165) is 0 Å². The molecule has 0 aliphatic carbocycles. The Morgan fingerprint density at radius 2 is 2.18 bits per heavy atom. The molecule has 0 bridgehead atoms. The molecule has 0 unspecified atom stereocenters. The molecule has 0 aliphatic rings. The van der Waals surface area contributed by atoms with Crippen LogP contribution in [-0.2, 0) is 0 Å². The summed E-state index contributed by atoms with van der Waals surface area (Å²) in [6, 6.07) is 2.76. The number of benzene rings is 1. The van der Waals surface area contributed by atoms with Crippen molar-refractivity contribution in [1.82, 2.24) is 0 Å². The van der Waals surface area contributed by atoms with Gasteiger partial charge in [-0.15, -0.1) is 0 Å². The smallest absolute Gasteiger partial charge is 0.143 e. The van der Waals surface area contributed by atoms with Crippen LogP contribution in [0.5, 0.6) is 5.75 Å². The standard InChI is InChI=1S/C7H5BrClFO/c1-11-5-3-2-4(10)7(9)6(5)8/h2-3H,1H3. The zero-order valence-electron chi connectivity index (χ0n) is 5.70. The SMILES string of the molecule is COc1ccc(F)c(Cl)c1Br. The zero-order valence-corrected chi connectivity index (χ0v) is 8.04. The van der Waals surface area contributed by atoms with Gasteiger partial charge in [0.05, 0.1) is 16.6 Å². The van der Waals surface area contributed by atoms with Crippen molar-refractivity contribution in [2.75, 3.05) is 7.11 Å². The Morgan fingerprint density at radius 1 is 1.55 bits per heavy atom. The van der Waals surface area contributed by atoms with Crippen molar-refractivity contribution in [2.45, 2.75) is 0 Å². The van der Waals surface area contributed by atoms with Crippen molar-refractivity contribution in [1.29, 1.82) is 0 Å². The fraction of sp³-hybridized carbons (Fsp3) is 0.143. The lowest BCUT2D eigenvalue weighted by Crippen LogP contribution is -1.86. The van der Waals surface area contributed by atoms with Gasteiger partial charge >= 0.3 is 0 Å². The normalized spacial score (nSPS) is 9.82. The highest BCUT2D eigenvalue weighted by Gasteiger charge is 2.08. The van der Waals surface area contributed by atoms with Gasteiger partial charge in [-0.3, -0.25) is 0 Å². The summed E-state index contributed by atoms with van der Waals surface area (Å²) in [6.07, 6.45) is 0. The number of rotatable bonds is 1. The van der Waals surface area contributed by atoms with Gasteiger partial charge in [0.15, 0.2) is 0 Å². The molecule has 11 heavy (non-hydrogen) atoms. The second kappa shape index (κ2) is 3.41. The fourth-order valence-electron chi connectivity index (χ4n) is 0.666. The second-order valence-electron chi connectivity index (χ2n) is 1.88. The first kappa shape index (κ1) is 8.81. The van der Waals surface area contributed by atoms with Crippen LogP contribution in [0.3, 0.4) is 0 Å². The van der Waals surface area contributed by atoms with E-state index in [0.29, 0.717) is 10.2 Å². The molecule has 0 saturated heterocycles. The minimum atomic E-state index is -0.459. The van der Waals surface area contributed by atoms with Gasteiger partial charge in [-0.1, -0.05) is 11.6 Å². The highest BCUT2D eigenvalue weighted by atomic mass is 79.9. The van der Waals surface area contributed by atoms with Gasteiger partial charge in [0, 0.05) is 0 Å². The summed E-state index contributed by atoms with van der Waals surface area (Å²) in [5.74, 6) is 0.0655. The van der Waals surface area contributed by atoms with E-state index in [1.807, 2.05) is 0 Å². The molecule has 4 heteroatoms. The zero-order chi connectivity index (χ0) is 8.43. The third kappa shape index (κ3) is 1.65. The van der Waals surface area contributed by atoms with Gasteiger partial charge in [0.2, 0.25) is 0 Å². The molecular weight excluding hydrogens is 234 g/mol. The Hall–Kier alpha value is -0.280. The summed E-state index contributed by atoms with van der Waals surface area (Å²) >= 11 is 8.65. The van der Waals surface area contributed by atoms with Crippen LogP contribution in [-0.4, -0.2) is 7.11 Å². The summed E-state index contributed by atoms with van der Waals surface area (Å²) in [6.45, 7) is 0. The van der Waals surface area contributed by atoms with Crippen LogP contribution >= 0.6 is 27.5 Å². The van der Waals surface area contributed by atoms with Crippen LogP contribution in [0.1, 0.15) is 0 Å². The van der Waals surface area contributed by atoms with Crippen molar-refractivity contribution >= 4 is 27.5 Å². The van der Waals surface area contributed by atoms with Gasteiger partial charge < -0.3 is 4.74 Å². The Bertz CT molecular complexity index is 277. The first-order valence-electron chi connectivity index (χ1n) is 2.84. The molecular formula is C7H5BrClFO. The molecule has 1 aromatic rings. The Balaban J connectivity index is 3.25. The molecule has 0 aromatic heterocycles. The number of halogens is 3. The molecule has 1 rings (SSSR count). The third-order valence-corrected chi connectivity index (χ3v) is 2.60. The van der Waals surface area contributed by atoms with Gasteiger partial charge in [0.1, 0.15) is 11.6 Å². The van der Waals surface area contributed by atoms with Gasteiger partial charge in [-0.25, -0.2) is 4.39 Å². The molecule has 0 amide bonds. The first-order valence-corrected chi connectivity index (χ1v) is 4.01. The summed E-state index contributed by atoms with van der Waals surface area (Å²) in [5, 5.41) is 0.0457. The van der Waals surface area contributed by atoms with Crippen LogP contribution in [0.4, 0.5) is 4.39 Å². The topological polar surface area (TPSA) is 9.23 Å². The van der Waals surface area contributed by atoms with Crippen molar-refractivity contribution in [2.24, 2.45) is 0 Å². The van der Waals surface area contributed by atoms with E-state index in [4.69, 9.17) is 16.3 Å². The van der Waals surface area contributed by atoms with E-state index in [1.165, 1.54) is 19.2 Å². The van der Waals surface area contributed by atoms with Crippen molar-refractivity contribution in [3.63, 3.8) is 0 Å². The lowest BCUT2D eigenvalue weighted by molar-refractivity contribution is 0.411. The predicted octanol–water partition coefficient (Wildman–Crippen LogP) is 3.25. The van der Waals surface area contributed by atoms with Crippen LogP contribution in [0.2, 0.25) is 5.02 Å². The molecule has 1 aromatic carbocycles. The third-order valence-electron chi connectivity index (χ3n) is 1.22. The van der Waals surface area contributed by atoms with E-state index >= 15 is 0 Å². The summed E-state index contributed by atoms with van der Waals surface area (Å²) in [5.41, 5.74) is 0. The number of hydrogen-bond acceptors (Lipinski definition) is 1. The molecule has 0 atom stereocenters. The van der Waals surface area contributed by atoms with Gasteiger partial charge in [0.25, 0.3) is 0 Å². The average molecular weight is 239 g/mol. The van der Waals surface area contributed by atoms with E-state index in [2.05, 4.69) is 15.9 Å². The maximum Gasteiger partial charge on any atom is 0.143 e. The average Bonchev–Trinajstić information content (AvgIpc) is 2.01. The first-order chi connectivity index (χ1) is 5.16. The van der Waals surface area contributed by atoms with E-state index in [-0.39, 0.29) is 5.02 Å². The Morgan fingerprint density at radius 3 is 2.73 bits per heavy atom. The van der Waals surface area contributed by atoms with Crippen LogP contribution in [0.25, 0.3) is 0 Å². The largest absolute Gasteiger partial charge is 0.496 e. The Kier molecular flexibility index (Phi) is 2.73. The second-order valence-corrected chi connectivity index (χ2v) is 3.05. The fourth-order valence-corrected chi connectivity index (χ4v) is 1.31. The van der Waals surface area contributed by atoms with Crippen LogP contribution in [0, 0.1) is 5.82 Å². The van der Waals surface area contributed by atoms with Crippen molar-refractivity contribution in [3.05, 3.63) is 27.4 Å². The van der Waals surface area contributed by atoms with Crippen molar-refractivity contribution in [3.8, 4) is 5.75 Å². The van der Waals surface area contributed by atoms with Gasteiger partial charge in [-0.05, 0) is 28.1 Å². The number of hydrogen-bond donors (Lipinski definition) is 0. The molecule has 0 heterocycles. The highest BCUT2D eigenvalue weighted by molar-refractivity contribution is 9.10. The van der Waals surface area contributed by atoms with Gasteiger partial charge in [-0.2, -0.15) is 0 Å². The molecule has 0 N–H and O–H groups in total. The predicted molar refractivity (Wildman–Crippen MR) is 45.7 cm³/mol. The highest BCUT2D eigenvalue weighted by Crippen LogP contribution is 2.33.